The molecule has 0 radical (unpaired) electrons. The largest absolute Gasteiger partial charge is 0.459 e. The van der Waals surface area contributed by atoms with Gasteiger partial charge in [-0.25, -0.2) is 4.79 Å². The highest BCUT2D eigenvalue weighted by atomic mass is 35.5. The van der Waals surface area contributed by atoms with Crippen LogP contribution in [0.25, 0.3) is 0 Å². The number of methoxy groups -OCH3 is 1. The quantitative estimate of drug-likeness (QED) is 0.664. The number of ether oxygens (including phenoxy) is 3. The van der Waals surface area contributed by atoms with Crippen LogP contribution in [0.4, 0.5) is 0 Å². The van der Waals surface area contributed by atoms with Gasteiger partial charge in [0, 0.05) is 12.1 Å². The van der Waals surface area contributed by atoms with Gasteiger partial charge in [0.05, 0.1) is 5.56 Å². The third-order valence-corrected chi connectivity index (χ3v) is 3.61. The Morgan fingerprint density at radius 1 is 1.18 bits per heavy atom. The zero-order valence-electron chi connectivity index (χ0n) is 11.8. The summed E-state index contributed by atoms with van der Waals surface area (Å²) in [4.78, 5) is 11.9. The number of hydrogen-bond donors (Lipinski definition) is 3. The van der Waals surface area contributed by atoms with Crippen molar-refractivity contribution in [3.63, 3.8) is 0 Å². The Balaban J connectivity index is 1.95. The minimum absolute atomic E-state index is 0.290. The predicted molar refractivity (Wildman–Crippen MR) is 75.4 cm³/mol. The summed E-state index contributed by atoms with van der Waals surface area (Å²) in [6, 6.07) is 6.09. The van der Waals surface area contributed by atoms with E-state index in [0.29, 0.717) is 10.6 Å². The van der Waals surface area contributed by atoms with Gasteiger partial charge < -0.3 is 29.5 Å². The molecule has 0 aliphatic carbocycles. The molecule has 22 heavy (non-hydrogen) atoms. The molecule has 1 aliphatic rings. The molecule has 0 saturated carbocycles. The van der Waals surface area contributed by atoms with Gasteiger partial charge in [0.1, 0.15) is 31.0 Å². The van der Waals surface area contributed by atoms with Gasteiger partial charge in [0.15, 0.2) is 6.29 Å². The van der Waals surface area contributed by atoms with Crippen molar-refractivity contribution in [2.75, 3.05) is 13.7 Å². The van der Waals surface area contributed by atoms with Crippen molar-refractivity contribution >= 4 is 17.6 Å². The van der Waals surface area contributed by atoms with Gasteiger partial charge in [0.25, 0.3) is 0 Å². The predicted octanol–water partition coefficient (Wildman–Crippen LogP) is -0.0492. The number of aliphatic hydroxyl groups is 3. The second-order valence-electron chi connectivity index (χ2n) is 4.86. The van der Waals surface area contributed by atoms with E-state index < -0.39 is 36.7 Å². The van der Waals surface area contributed by atoms with Gasteiger partial charge in [-0.05, 0) is 24.3 Å². The zero-order valence-corrected chi connectivity index (χ0v) is 12.5. The van der Waals surface area contributed by atoms with Crippen LogP contribution in [0.5, 0.6) is 0 Å². The van der Waals surface area contributed by atoms with Crippen LogP contribution in [0.15, 0.2) is 24.3 Å². The van der Waals surface area contributed by atoms with Crippen LogP contribution in [0, 0.1) is 0 Å². The smallest absolute Gasteiger partial charge is 0.338 e. The molecule has 0 spiro atoms. The van der Waals surface area contributed by atoms with E-state index in [0.717, 1.165) is 0 Å². The van der Waals surface area contributed by atoms with Gasteiger partial charge in [0.2, 0.25) is 0 Å². The molecule has 0 bridgehead atoms. The number of carbonyl (C=O) groups is 1. The van der Waals surface area contributed by atoms with Crippen LogP contribution in [0.1, 0.15) is 10.4 Å². The van der Waals surface area contributed by atoms with E-state index in [1.165, 1.54) is 19.2 Å². The lowest BCUT2D eigenvalue weighted by Gasteiger charge is -2.39. The lowest BCUT2D eigenvalue weighted by atomic mass is 9.99. The highest BCUT2D eigenvalue weighted by molar-refractivity contribution is 6.30. The summed E-state index contributed by atoms with van der Waals surface area (Å²) in [6.45, 7) is -0.299. The first-order chi connectivity index (χ1) is 10.4. The minimum atomic E-state index is -1.46. The van der Waals surface area contributed by atoms with Gasteiger partial charge in [-0.1, -0.05) is 11.6 Å². The number of benzene rings is 1. The first kappa shape index (κ1) is 17.1. The maximum Gasteiger partial charge on any atom is 0.338 e. The van der Waals surface area contributed by atoms with E-state index in [1.807, 2.05) is 0 Å². The fraction of sp³-hybridized carbons (Fsp3) is 0.500. The average Bonchev–Trinajstić information content (AvgIpc) is 2.52. The molecule has 0 amide bonds. The van der Waals surface area contributed by atoms with Crippen molar-refractivity contribution in [3.05, 3.63) is 34.9 Å². The van der Waals surface area contributed by atoms with Crippen LogP contribution in [-0.2, 0) is 14.2 Å². The summed E-state index contributed by atoms with van der Waals surface area (Å²) in [5.41, 5.74) is 0.290. The molecule has 1 aromatic rings. The number of rotatable bonds is 4. The molecule has 122 valence electrons. The lowest BCUT2D eigenvalue weighted by Crippen LogP contribution is -2.59. The SMILES string of the molecule is CO[C@H]1O[C@H](COC(=O)c2ccc(Cl)cc2)[C@@H](O)[C@H](O)[C@@H]1O. The Hall–Kier alpha value is -1.22. The molecule has 1 aliphatic heterocycles. The Morgan fingerprint density at radius 3 is 2.41 bits per heavy atom. The van der Waals surface area contributed by atoms with Crippen LogP contribution in [0.3, 0.4) is 0 Å². The van der Waals surface area contributed by atoms with Crippen LogP contribution in [-0.4, -0.2) is 65.7 Å². The summed E-state index contributed by atoms with van der Waals surface area (Å²) in [7, 11) is 1.29. The number of carbonyl (C=O) groups excluding carboxylic acids is 1. The summed E-state index contributed by atoms with van der Waals surface area (Å²) < 4.78 is 15.2. The van der Waals surface area contributed by atoms with Crippen LogP contribution < -0.4 is 0 Å². The maximum absolute atomic E-state index is 11.9. The third-order valence-electron chi connectivity index (χ3n) is 3.36. The molecule has 1 fully saturated rings. The van der Waals surface area contributed by atoms with Crippen molar-refractivity contribution in [1.29, 1.82) is 0 Å². The van der Waals surface area contributed by atoms with Gasteiger partial charge in [-0.3, -0.25) is 0 Å². The van der Waals surface area contributed by atoms with E-state index in [2.05, 4.69) is 0 Å². The fourth-order valence-electron chi connectivity index (χ4n) is 2.08. The Labute approximate surface area is 132 Å². The van der Waals surface area contributed by atoms with Crippen molar-refractivity contribution in [1.82, 2.24) is 0 Å². The van der Waals surface area contributed by atoms with Crippen molar-refractivity contribution in [3.8, 4) is 0 Å². The van der Waals surface area contributed by atoms with Crippen LogP contribution in [0.2, 0.25) is 5.02 Å². The van der Waals surface area contributed by atoms with E-state index in [-0.39, 0.29) is 6.61 Å². The molecule has 0 unspecified atom stereocenters. The molecule has 0 aromatic heterocycles. The topological polar surface area (TPSA) is 105 Å². The molecule has 1 heterocycles. The fourth-order valence-corrected chi connectivity index (χ4v) is 2.20. The highest BCUT2D eigenvalue weighted by Crippen LogP contribution is 2.22. The second kappa shape index (κ2) is 7.36. The minimum Gasteiger partial charge on any atom is -0.459 e. The number of halogens is 1. The lowest BCUT2D eigenvalue weighted by molar-refractivity contribution is -0.294. The molecule has 7 nitrogen and oxygen atoms in total. The Bertz CT molecular complexity index is 504. The molecule has 1 saturated heterocycles. The first-order valence-corrected chi connectivity index (χ1v) is 6.97. The van der Waals surface area contributed by atoms with Gasteiger partial charge in [-0.2, -0.15) is 0 Å². The monoisotopic (exact) mass is 332 g/mol. The van der Waals surface area contributed by atoms with E-state index in [1.54, 1.807) is 12.1 Å². The van der Waals surface area contributed by atoms with Crippen molar-refractivity contribution in [2.24, 2.45) is 0 Å². The van der Waals surface area contributed by atoms with Crippen molar-refractivity contribution < 1.29 is 34.3 Å². The maximum atomic E-state index is 11.9. The van der Waals surface area contributed by atoms with Gasteiger partial charge in [-0.15, -0.1) is 0 Å². The van der Waals surface area contributed by atoms with E-state index in [9.17, 15) is 20.1 Å². The number of aliphatic hydroxyl groups excluding tert-OH is 3. The Morgan fingerprint density at radius 2 is 1.82 bits per heavy atom. The first-order valence-electron chi connectivity index (χ1n) is 6.59. The molecule has 8 heteroatoms. The standard InChI is InChI=1S/C14H17ClO7/c1-20-14-12(18)11(17)10(16)9(22-14)6-21-13(19)7-2-4-8(15)5-3-7/h2-5,9-12,14,16-18H,6H2,1H3/t9-,10-,11+,12+,14+/m1/s1. The van der Waals surface area contributed by atoms with Crippen LogP contribution >= 0.6 is 11.6 Å². The molecular formula is C14H17ClO7. The highest BCUT2D eigenvalue weighted by Gasteiger charge is 2.44. The van der Waals surface area contributed by atoms with Gasteiger partial charge >= 0.3 is 5.97 Å². The normalized spacial score (nSPS) is 31.8. The third kappa shape index (κ3) is 3.75. The van der Waals surface area contributed by atoms with Crippen molar-refractivity contribution in [2.45, 2.75) is 30.7 Å². The summed E-state index contributed by atoms with van der Waals surface area (Å²) in [5.74, 6) is -0.623. The second-order valence-corrected chi connectivity index (χ2v) is 5.29. The van der Waals surface area contributed by atoms with E-state index >= 15 is 0 Å². The molecule has 5 atom stereocenters. The summed E-state index contributed by atoms with van der Waals surface area (Å²) >= 11 is 5.73. The summed E-state index contributed by atoms with van der Waals surface area (Å²) in [6.07, 6.45) is -6.38. The number of esters is 1. The molecule has 3 N–H and O–H groups in total. The molecular weight excluding hydrogens is 316 g/mol. The Kier molecular flexibility index (Phi) is 5.74. The number of hydrogen-bond acceptors (Lipinski definition) is 7. The molecule has 2 rings (SSSR count). The summed E-state index contributed by atoms with van der Waals surface area (Å²) in [5, 5.41) is 29.7. The average molecular weight is 333 g/mol. The molecule has 1 aromatic carbocycles. The zero-order chi connectivity index (χ0) is 16.3. The van der Waals surface area contributed by atoms with E-state index in [4.69, 9.17) is 25.8 Å².